The first-order valence-electron chi connectivity index (χ1n) is 12.4. The van der Waals surface area contributed by atoms with Gasteiger partial charge in [0.05, 0.1) is 6.20 Å². The zero-order chi connectivity index (χ0) is 26.3. The summed E-state index contributed by atoms with van der Waals surface area (Å²) in [5, 5.41) is 0. The van der Waals surface area contributed by atoms with Crippen molar-refractivity contribution in [2.75, 3.05) is 36.0 Å². The summed E-state index contributed by atoms with van der Waals surface area (Å²) in [7, 11) is 1.57. The number of nitrogens with zero attached hydrogens (tertiary/aromatic N) is 6. The number of fused-ring (bicyclic) bond motifs is 1. The predicted octanol–water partition coefficient (Wildman–Crippen LogP) is 4.66. The van der Waals surface area contributed by atoms with Crippen molar-refractivity contribution in [3.05, 3.63) is 47.9 Å². The molecule has 0 unspecified atom stereocenters. The highest BCUT2D eigenvalue weighted by Gasteiger charge is 2.36. The molecule has 4 heterocycles. The van der Waals surface area contributed by atoms with Gasteiger partial charge in [-0.2, -0.15) is 13.2 Å². The molecule has 1 aromatic carbocycles. The molecule has 3 aromatic rings. The van der Waals surface area contributed by atoms with E-state index in [0.717, 1.165) is 17.3 Å². The molecule has 2 aromatic heterocycles. The van der Waals surface area contributed by atoms with Gasteiger partial charge < -0.3 is 14.2 Å². The quantitative estimate of drug-likeness (QED) is 0.493. The maximum Gasteiger partial charge on any atom is 0.434 e. The average Bonchev–Trinajstić information content (AvgIpc) is 3.28. The molecule has 0 radical (unpaired) electrons. The minimum absolute atomic E-state index is 0.0787. The van der Waals surface area contributed by atoms with Crippen molar-refractivity contribution in [3.63, 3.8) is 0 Å². The number of carbonyl (C=O) groups is 1. The van der Waals surface area contributed by atoms with Crippen LogP contribution in [0.1, 0.15) is 43.9 Å². The Morgan fingerprint density at radius 1 is 1.14 bits per heavy atom. The molecule has 1 saturated heterocycles. The van der Waals surface area contributed by atoms with Crippen LogP contribution in [0.5, 0.6) is 5.75 Å². The van der Waals surface area contributed by atoms with Crippen LogP contribution in [0.2, 0.25) is 0 Å². The highest BCUT2D eigenvalue weighted by molar-refractivity contribution is 5.96. The number of aryl methyl sites for hydroxylation is 1. The van der Waals surface area contributed by atoms with E-state index in [0.29, 0.717) is 55.8 Å². The maximum atomic E-state index is 13.1. The molecule has 0 atom stereocenters. The third-order valence-corrected chi connectivity index (χ3v) is 6.95. The van der Waals surface area contributed by atoms with Crippen LogP contribution in [0.4, 0.5) is 24.9 Å². The smallest absolute Gasteiger partial charge is 0.434 e. The van der Waals surface area contributed by atoms with Crippen LogP contribution in [0.3, 0.4) is 0 Å². The first-order chi connectivity index (χ1) is 17.6. The van der Waals surface area contributed by atoms with Crippen LogP contribution in [0, 0.1) is 5.92 Å². The number of rotatable bonds is 5. The summed E-state index contributed by atoms with van der Waals surface area (Å²) in [5.74, 6) is 2.04. The van der Waals surface area contributed by atoms with Crippen LogP contribution in [-0.2, 0) is 18.0 Å². The Morgan fingerprint density at radius 3 is 2.54 bits per heavy atom. The van der Waals surface area contributed by atoms with E-state index in [4.69, 9.17) is 9.72 Å². The van der Waals surface area contributed by atoms with Crippen LogP contribution in [0.15, 0.2) is 36.7 Å². The number of hydrogen-bond donors (Lipinski definition) is 0. The van der Waals surface area contributed by atoms with Crippen LogP contribution >= 0.6 is 0 Å². The molecule has 0 N–H and O–H groups in total. The number of halogens is 3. The SMILES string of the molecule is CC(C)c1ccccc1-c1ncc2c(n1)N(CC1CCN(c3nc(C(F)(F)F)cn3C)CC1)C(=O)CO2. The van der Waals surface area contributed by atoms with Gasteiger partial charge in [0.2, 0.25) is 5.95 Å². The molecule has 1 fully saturated rings. The van der Waals surface area contributed by atoms with Gasteiger partial charge in [0.1, 0.15) is 0 Å². The average molecular weight is 515 g/mol. The number of hydrogen-bond acceptors (Lipinski definition) is 6. The lowest BCUT2D eigenvalue weighted by atomic mass is 9.96. The van der Waals surface area contributed by atoms with Crippen molar-refractivity contribution >= 4 is 17.7 Å². The molecular formula is C26H29F3N6O2. The monoisotopic (exact) mass is 514 g/mol. The number of benzene rings is 1. The summed E-state index contributed by atoms with van der Waals surface area (Å²) in [6, 6.07) is 7.95. The minimum Gasteiger partial charge on any atom is -0.478 e. The largest absolute Gasteiger partial charge is 0.478 e. The van der Waals surface area contributed by atoms with Crippen molar-refractivity contribution in [2.24, 2.45) is 13.0 Å². The maximum absolute atomic E-state index is 13.1. The number of alkyl halides is 3. The molecule has 11 heteroatoms. The number of ether oxygens (including phenoxy) is 1. The molecule has 0 spiro atoms. The number of imidazole rings is 1. The molecular weight excluding hydrogens is 485 g/mol. The van der Waals surface area contributed by atoms with Gasteiger partial charge in [0.25, 0.3) is 5.91 Å². The van der Waals surface area contributed by atoms with E-state index in [1.165, 1.54) is 4.57 Å². The highest BCUT2D eigenvalue weighted by Crippen LogP contribution is 2.36. The van der Waals surface area contributed by atoms with E-state index in [9.17, 15) is 18.0 Å². The van der Waals surface area contributed by atoms with Gasteiger partial charge in [0.15, 0.2) is 29.7 Å². The molecule has 2 aliphatic heterocycles. The Morgan fingerprint density at radius 2 is 1.86 bits per heavy atom. The van der Waals surface area contributed by atoms with Crippen molar-refractivity contribution in [2.45, 2.75) is 38.8 Å². The second-order valence-corrected chi connectivity index (χ2v) is 9.88. The van der Waals surface area contributed by atoms with E-state index < -0.39 is 11.9 Å². The van der Waals surface area contributed by atoms with Gasteiger partial charge >= 0.3 is 6.18 Å². The van der Waals surface area contributed by atoms with Crippen LogP contribution in [-0.4, -0.2) is 51.7 Å². The highest BCUT2D eigenvalue weighted by atomic mass is 19.4. The van der Waals surface area contributed by atoms with Gasteiger partial charge in [-0.15, -0.1) is 0 Å². The molecule has 0 saturated carbocycles. The molecule has 5 rings (SSSR count). The molecule has 1 amide bonds. The van der Waals surface area contributed by atoms with Crippen molar-refractivity contribution in [3.8, 4) is 17.1 Å². The standard InChI is InChI=1S/C26H29F3N6O2/c1-16(2)18-6-4-5-7-19(18)23-30-12-20-24(32-23)35(22(36)15-37-20)13-17-8-10-34(11-9-17)25-31-21(14-33(25)3)26(27,28)29/h4-7,12,14,16-17H,8-11,13,15H2,1-3H3. The van der Waals surface area contributed by atoms with Gasteiger partial charge in [0, 0.05) is 38.4 Å². The molecule has 8 nitrogen and oxygen atoms in total. The van der Waals surface area contributed by atoms with E-state index >= 15 is 0 Å². The Bertz CT molecular complexity index is 1300. The van der Waals surface area contributed by atoms with Crippen LogP contribution in [0.25, 0.3) is 11.4 Å². The normalized spacial score (nSPS) is 16.8. The third-order valence-electron chi connectivity index (χ3n) is 6.95. The van der Waals surface area contributed by atoms with E-state index in [1.807, 2.05) is 23.1 Å². The summed E-state index contributed by atoms with van der Waals surface area (Å²) in [4.78, 5) is 29.5. The fourth-order valence-corrected chi connectivity index (χ4v) is 4.98. The first-order valence-corrected chi connectivity index (χ1v) is 12.4. The lowest BCUT2D eigenvalue weighted by Crippen LogP contribution is -2.45. The minimum atomic E-state index is -4.48. The second kappa shape index (κ2) is 9.68. The number of piperidine rings is 1. The molecule has 37 heavy (non-hydrogen) atoms. The lowest BCUT2D eigenvalue weighted by molar-refractivity contribution is -0.140. The van der Waals surface area contributed by atoms with E-state index in [-0.39, 0.29) is 24.3 Å². The molecule has 196 valence electrons. The number of carbonyl (C=O) groups excluding carboxylic acids is 1. The molecule has 0 aliphatic carbocycles. The summed E-state index contributed by atoms with van der Waals surface area (Å²) in [6.45, 7) is 5.70. The summed E-state index contributed by atoms with van der Waals surface area (Å²) in [6.07, 6.45) is -0.422. The zero-order valence-electron chi connectivity index (χ0n) is 21.0. The lowest BCUT2D eigenvalue weighted by Gasteiger charge is -2.36. The fraction of sp³-hybridized carbons (Fsp3) is 0.462. The summed E-state index contributed by atoms with van der Waals surface area (Å²) >= 11 is 0. The van der Waals surface area contributed by atoms with E-state index in [1.54, 1.807) is 18.1 Å². The Kier molecular flexibility index (Phi) is 6.55. The number of aromatic nitrogens is 4. The number of amides is 1. The van der Waals surface area contributed by atoms with Gasteiger partial charge in [-0.25, -0.2) is 15.0 Å². The number of anilines is 2. The van der Waals surface area contributed by atoms with E-state index in [2.05, 4.69) is 29.9 Å². The third kappa shape index (κ3) is 4.99. The topological polar surface area (TPSA) is 76.4 Å². The Labute approximate surface area is 213 Å². The second-order valence-electron chi connectivity index (χ2n) is 9.88. The first kappa shape index (κ1) is 25.0. The van der Waals surface area contributed by atoms with Crippen LogP contribution < -0.4 is 14.5 Å². The zero-order valence-corrected chi connectivity index (χ0v) is 21.0. The Balaban J connectivity index is 1.33. The van der Waals surface area contributed by atoms with Crippen molar-refractivity contribution in [1.82, 2.24) is 19.5 Å². The van der Waals surface area contributed by atoms with Gasteiger partial charge in [-0.3, -0.25) is 9.69 Å². The molecule has 2 aliphatic rings. The Hall–Kier alpha value is -3.63. The van der Waals surface area contributed by atoms with Crippen molar-refractivity contribution in [1.29, 1.82) is 0 Å². The van der Waals surface area contributed by atoms with Gasteiger partial charge in [-0.05, 0) is 30.2 Å². The summed E-state index contributed by atoms with van der Waals surface area (Å²) < 4.78 is 46.3. The fourth-order valence-electron chi connectivity index (χ4n) is 4.98. The van der Waals surface area contributed by atoms with Crippen molar-refractivity contribution < 1.29 is 22.7 Å². The van der Waals surface area contributed by atoms with Gasteiger partial charge in [-0.1, -0.05) is 38.1 Å². The molecule has 0 bridgehead atoms. The predicted molar refractivity (Wildman–Crippen MR) is 133 cm³/mol. The summed E-state index contributed by atoms with van der Waals surface area (Å²) in [5.41, 5.74) is 1.14.